The summed E-state index contributed by atoms with van der Waals surface area (Å²) in [5.74, 6) is 0.983. The van der Waals surface area contributed by atoms with Crippen molar-refractivity contribution in [3.8, 4) is 0 Å². The third-order valence-corrected chi connectivity index (χ3v) is 7.57. The number of hydrogen-bond donors (Lipinski definition) is 0. The molecule has 1 spiro atoms. The fourth-order valence-electron chi connectivity index (χ4n) is 4.90. The molecule has 0 aromatic carbocycles. The molecule has 8 heteroatoms. The average Bonchev–Trinajstić information content (AvgIpc) is 3.50. The number of piperidine rings is 1. The number of fused-ring (bicyclic) bond motifs is 2. The van der Waals surface area contributed by atoms with Gasteiger partial charge in [0.25, 0.3) is 0 Å². The lowest BCUT2D eigenvalue weighted by atomic mass is 9.77. The molecular weight excluding hydrogens is 396 g/mol. The average molecular weight is 421 g/mol. The minimum absolute atomic E-state index is 0.365. The molecule has 0 unspecified atom stereocenters. The van der Waals surface area contributed by atoms with E-state index in [-0.39, 0.29) is 0 Å². The second-order valence-corrected chi connectivity index (χ2v) is 9.58. The summed E-state index contributed by atoms with van der Waals surface area (Å²) >= 11 is 1.68. The number of rotatable bonds is 3. The van der Waals surface area contributed by atoms with Crippen LogP contribution in [0.2, 0.25) is 0 Å². The maximum atomic E-state index is 5.88. The van der Waals surface area contributed by atoms with E-state index in [4.69, 9.17) is 9.72 Å². The van der Waals surface area contributed by atoms with Crippen molar-refractivity contribution in [1.29, 1.82) is 0 Å². The lowest BCUT2D eigenvalue weighted by molar-refractivity contribution is 0.0975. The molecule has 2 fully saturated rings. The number of hydrogen-bond acceptors (Lipinski definition) is 6. The van der Waals surface area contributed by atoms with Gasteiger partial charge in [-0.05, 0) is 49.8 Å². The van der Waals surface area contributed by atoms with Crippen LogP contribution in [0.1, 0.15) is 26.2 Å². The first-order valence-corrected chi connectivity index (χ1v) is 11.3. The second-order valence-electron chi connectivity index (χ2n) is 8.49. The smallest absolute Gasteiger partial charge is 0.211 e. The maximum absolute atomic E-state index is 5.88. The van der Waals surface area contributed by atoms with Crippen LogP contribution in [-0.4, -0.2) is 49.8 Å². The Balaban J connectivity index is 1.29. The van der Waals surface area contributed by atoms with Crippen molar-refractivity contribution in [3.63, 3.8) is 0 Å². The standard InChI is InChI=1S/C22H24N6OS/c1-16-13-22(15-29-16)5-10-26(11-6-22)21-24-14-19(20-23-8-12-27(20)21)30-18-3-2-9-28-17(18)4-7-25-28/h2-4,7-9,12,14,16H,5-6,10-11,13,15H2,1H3/t16-/m0/s1. The van der Waals surface area contributed by atoms with Gasteiger partial charge in [0.05, 0.1) is 29.3 Å². The summed E-state index contributed by atoms with van der Waals surface area (Å²) in [7, 11) is 0. The molecule has 0 bridgehead atoms. The Morgan fingerprint density at radius 2 is 2.00 bits per heavy atom. The van der Waals surface area contributed by atoms with Crippen molar-refractivity contribution >= 4 is 28.9 Å². The second kappa shape index (κ2) is 6.99. The number of aromatic nitrogens is 5. The topological polar surface area (TPSA) is 60.0 Å². The van der Waals surface area contributed by atoms with Crippen LogP contribution in [0.4, 0.5) is 5.95 Å². The van der Waals surface area contributed by atoms with E-state index in [1.54, 1.807) is 11.8 Å². The van der Waals surface area contributed by atoms with Crippen LogP contribution >= 0.6 is 11.8 Å². The zero-order valence-corrected chi connectivity index (χ0v) is 17.8. The van der Waals surface area contributed by atoms with E-state index in [1.807, 2.05) is 47.6 Å². The quantitative estimate of drug-likeness (QED) is 0.501. The van der Waals surface area contributed by atoms with Crippen LogP contribution in [-0.2, 0) is 4.74 Å². The van der Waals surface area contributed by atoms with Gasteiger partial charge >= 0.3 is 0 Å². The maximum Gasteiger partial charge on any atom is 0.211 e. The first-order valence-electron chi connectivity index (χ1n) is 10.5. The van der Waals surface area contributed by atoms with E-state index in [9.17, 15) is 0 Å². The van der Waals surface area contributed by atoms with Gasteiger partial charge in [0.1, 0.15) is 0 Å². The highest BCUT2D eigenvalue weighted by Crippen LogP contribution is 2.42. The van der Waals surface area contributed by atoms with Crippen molar-refractivity contribution < 1.29 is 4.74 Å². The summed E-state index contributed by atoms with van der Waals surface area (Å²) in [4.78, 5) is 14.1. The van der Waals surface area contributed by atoms with E-state index >= 15 is 0 Å². The molecule has 2 aliphatic heterocycles. The van der Waals surface area contributed by atoms with Gasteiger partial charge < -0.3 is 9.64 Å². The summed E-state index contributed by atoms with van der Waals surface area (Å²) < 4.78 is 9.91. The zero-order valence-electron chi connectivity index (χ0n) is 16.9. The van der Waals surface area contributed by atoms with E-state index in [1.165, 1.54) is 6.42 Å². The predicted octanol–water partition coefficient (Wildman–Crippen LogP) is 3.92. The minimum atomic E-state index is 0.365. The number of imidazole rings is 1. The molecule has 0 aliphatic carbocycles. The molecule has 0 N–H and O–H groups in total. The van der Waals surface area contributed by atoms with E-state index in [0.717, 1.165) is 59.4 Å². The molecule has 0 radical (unpaired) electrons. The molecule has 4 aromatic rings. The molecule has 2 aliphatic rings. The molecule has 6 rings (SSSR count). The van der Waals surface area contributed by atoms with Gasteiger partial charge in [-0.2, -0.15) is 5.10 Å². The summed E-state index contributed by atoms with van der Waals surface area (Å²) in [5.41, 5.74) is 2.40. The third-order valence-electron chi connectivity index (χ3n) is 6.49. The molecule has 0 saturated carbocycles. The van der Waals surface area contributed by atoms with Crippen LogP contribution in [0.25, 0.3) is 11.2 Å². The third kappa shape index (κ3) is 2.97. The Hall–Kier alpha value is -2.58. The lowest BCUT2D eigenvalue weighted by Crippen LogP contribution is -2.41. The van der Waals surface area contributed by atoms with Gasteiger partial charge in [-0.1, -0.05) is 11.8 Å². The Kier molecular flexibility index (Phi) is 4.24. The monoisotopic (exact) mass is 420 g/mol. The molecule has 30 heavy (non-hydrogen) atoms. The summed E-state index contributed by atoms with van der Waals surface area (Å²) in [6.07, 6.45) is 13.5. The van der Waals surface area contributed by atoms with E-state index in [2.05, 4.69) is 32.4 Å². The SMILES string of the molecule is C[C@H]1CC2(CCN(c3ncc(Sc4cccn5nccc45)c4nccn34)CC2)CO1. The fraction of sp³-hybridized carbons (Fsp3) is 0.409. The van der Waals surface area contributed by atoms with Crippen molar-refractivity contribution in [3.05, 3.63) is 49.2 Å². The Labute approximate surface area is 179 Å². The van der Waals surface area contributed by atoms with Crippen LogP contribution in [0, 0.1) is 5.41 Å². The van der Waals surface area contributed by atoms with Crippen molar-refractivity contribution in [2.24, 2.45) is 5.41 Å². The Morgan fingerprint density at radius 1 is 1.10 bits per heavy atom. The van der Waals surface area contributed by atoms with E-state index in [0.29, 0.717) is 11.5 Å². The molecule has 6 heterocycles. The molecule has 154 valence electrons. The normalized spacial score (nSPS) is 21.2. The van der Waals surface area contributed by atoms with Crippen molar-refractivity contribution in [2.45, 2.75) is 42.1 Å². The Morgan fingerprint density at radius 3 is 2.83 bits per heavy atom. The number of anilines is 1. The predicted molar refractivity (Wildman–Crippen MR) is 116 cm³/mol. The zero-order chi connectivity index (χ0) is 20.1. The highest BCUT2D eigenvalue weighted by molar-refractivity contribution is 7.99. The highest BCUT2D eigenvalue weighted by Gasteiger charge is 2.41. The van der Waals surface area contributed by atoms with Gasteiger partial charge in [0.15, 0.2) is 5.65 Å². The first kappa shape index (κ1) is 18.2. The van der Waals surface area contributed by atoms with Crippen LogP contribution in [0.5, 0.6) is 0 Å². The van der Waals surface area contributed by atoms with Gasteiger partial charge in [0, 0.05) is 42.8 Å². The number of pyridine rings is 1. The lowest BCUT2D eigenvalue weighted by Gasteiger charge is -2.39. The molecule has 2 saturated heterocycles. The molecule has 7 nitrogen and oxygen atoms in total. The summed E-state index contributed by atoms with van der Waals surface area (Å²) in [6.45, 7) is 5.13. The van der Waals surface area contributed by atoms with Gasteiger partial charge in [0.2, 0.25) is 5.95 Å². The first-order chi connectivity index (χ1) is 14.7. The highest BCUT2D eigenvalue weighted by atomic mass is 32.2. The van der Waals surface area contributed by atoms with Gasteiger partial charge in [-0.15, -0.1) is 0 Å². The van der Waals surface area contributed by atoms with Gasteiger partial charge in [-0.3, -0.25) is 4.40 Å². The fourth-order valence-corrected chi connectivity index (χ4v) is 5.89. The van der Waals surface area contributed by atoms with Crippen LogP contribution in [0.15, 0.2) is 59.0 Å². The van der Waals surface area contributed by atoms with Crippen LogP contribution in [0.3, 0.4) is 0 Å². The van der Waals surface area contributed by atoms with E-state index < -0.39 is 0 Å². The van der Waals surface area contributed by atoms with Crippen molar-refractivity contribution in [1.82, 2.24) is 24.0 Å². The molecule has 4 aromatic heterocycles. The molecular formula is C22H24N6OS. The number of nitrogens with zero attached hydrogens (tertiary/aromatic N) is 6. The van der Waals surface area contributed by atoms with Crippen molar-refractivity contribution in [2.75, 3.05) is 24.6 Å². The minimum Gasteiger partial charge on any atom is -0.378 e. The summed E-state index contributed by atoms with van der Waals surface area (Å²) in [6, 6.07) is 6.16. The molecule has 1 atom stereocenters. The molecule has 0 amide bonds. The Bertz CT molecular complexity index is 1210. The van der Waals surface area contributed by atoms with Gasteiger partial charge in [-0.25, -0.2) is 14.5 Å². The number of ether oxygens (including phenoxy) is 1. The summed E-state index contributed by atoms with van der Waals surface area (Å²) in [5, 5.41) is 4.33. The largest absolute Gasteiger partial charge is 0.378 e. The van der Waals surface area contributed by atoms with Crippen LogP contribution < -0.4 is 4.90 Å².